The Hall–Kier alpha value is -0.660. The lowest BCUT2D eigenvalue weighted by atomic mass is 10.4. The van der Waals surface area contributed by atoms with Gasteiger partial charge in [-0.3, -0.25) is 0 Å². The predicted molar refractivity (Wildman–Crippen MR) is 84.0 cm³/mol. The van der Waals surface area contributed by atoms with Crippen LogP contribution >= 0.6 is 27.5 Å². The number of halogens is 2. The second-order valence-electron chi connectivity index (χ2n) is 4.60. The van der Waals surface area contributed by atoms with Crippen LogP contribution < -0.4 is 0 Å². The Kier molecular flexibility index (Phi) is 5.04. The maximum atomic E-state index is 11.2. The van der Waals surface area contributed by atoms with Crippen LogP contribution in [0.2, 0.25) is 0 Å². The van der Waals surface area contributed by atoms with Gasteiger partial charge in [-0.2, -0.15) is 0 Å². The number of pyridine rings is 1. The third kappa shape index (κ3) is 3.93. The van der Waals surface area contributed by atoms with Gasteiger partial charge < -0.3 is 4.57 Å². The number of hydrogen-bond donors (Lipinski definition) is 0. The minimum absolute atomic E-state index is 0.156. The number of alkyl halides is 1. The summed E-state index contributed by atoms with van der Waals surface area (Å²) in [5, 5.41) is 0. The first-order valence-corrected chi connectivity index (χ1v) is 9.54. The molecule has 2 aromatic rings. The van der Waals surface area contributed by atoms with Gasteiger partial charge in [0.1, 0.15) is 21.2 Å². The van der Waals surface area contributed by atoms with Crippen LogP contribution in [0.4, 0.5) is 0 Å². The SMILES string of the molecule is CS(=O)(=O)CCCn1c(CCCl)nc2cc(Br)cnc21. The summed E-state index contributed by atoms with van der Waals surface area (Å²) in [4.78, 5) is 8.87. The van der Waals surface area contributed by atoms with Crippen molar-refractivity contribution in [2.24, 2.45) is 0 Å². The molecule has 0 saturated carbocycles. The summed E-state index contributed by atoms with van der Waals surface area (Å²) >= 11 is 9.16. The zero-order chi connectivity index (χ0) is 14.8. The van der Waals surface area contributed by atoms with Crippen molar-refractivity contribution in [2.75, 3.05) is 17.9 Å². The molecule has 0 spiro atoms. The fourth-order valence-electron chi connectivity index (χ4n) is 2.03. The summed E-state index contributed by atoms with van der Waals surface area (Å²) in [7, 11) is -2.95. The van der Waals surface area contributed by atoms with Gasteiger partial charge in [0.05, 0.1) is 5.75 Å². The van der Waals surface area contributed by atoms with Gasteiger partial charge in [-0.05, 0) is 28.4 Å². The highest BCUT2D eigenvalue weighted by Crippen LogP contribution is 2.19. The Morgan fingerprint density at radius 2 is 2.20 bits per heavy atom. The number of hydrogen-bond acceptors (Lipinski definition) is 4. The van der Waals surface area contributed by atoms with E-state index in [1.165, 1.54) is 6.26 Å². The molecule has 0 saturated heterocycles. The summed E-state index contributed by atoms with van der Waals surface area (Å²) in [6.07, 6.45) is 4.13. The fourth-order valence-corrected chi connectivity index (χ4v) is 3.17. The third-order valence-corrected chi connectivity index (χ3v) is 4.50. The van der Waals surface area contributed by atoms with Gasteiger partial charge in [0, 0.05) is 35.8 Å². The number of fused-ring (bicyclic) bond motifs is 1. The van der Waals surface area contributed by atoms with Gasteiger partial charge in [0.15, 0.2) is 5.65 Å². The molecule has 0 aliphatic heterocycles. The van der Waals surface area contributed by atoms with E-state index in [0.29, 0.717) is 25.3 Å². The van der Waals surface area contributed by atoms with E-state index in [4.69, 9.17) is 11.6 Å². The molecule has 5 nitrogen and oxygen atoms in total. The number of nitrogens with zero attached hydrogens (tertiary/aromatic N) is 3. The van der Waals surface area contributed by atoms with Crippen LogP contribution in [0, 0.1) is 0 Å². The lowest BCUT2D eigenvalue weighted by Gasteiger charge is -2.07. The minimum atomic E-state index is -2.95. The molecule has 2 heterocycles. The highest BCUT2D eigenvalue weighted by molar-refractivity contribution is 9.10. The van der Waals surface area contributed by atoms with Crippen LogP contribution in [0.3, 0.4) is 0 Å². The van der Waals surface area contributed by atoms with E-state index in [9.17, 15) is 8.42 Å². The van der Waals surface area contributed by atoms with Crippen molar-refractivity contribution >= 4 is 48.5 Å². The van der Waals surface area contributed by atoms with E-state index in [0.717, 1.165) is 21.5 Å². The average molecular weight is 381 g/mol. The maximum Gasteiger partial charge on any atom is 0.160 e. The molecule has 0 aliphatic carbocycles. The largest absolute Gasteiger partial charge is 0.313 e. The van der Waals surface area contributed by atoms with Crippen molar-refractivity contribution in [1.29, 1.82) is 0 Å². The van der Waals surface area contributed by atoms with Crippen molar-refractivity contribution in [3.05, 3.63) is 22.6 Å². The molecule has 0 fully saturated rings. The van der Waals surface area contributed by atoms with Crippen LogP contribution in [0.5, 0.6) is 0 Å². The summed E-state index contributed by atoms with van der Waals surface area (Å²) in [5.41, 5.74) is 1.56. The Bertz CT molecular complexity index is 715. The Morgan fingerprint density at radius 1 is 1.45 bits per heavy atom. The molecule has 0 aromatic carbocycles. The Morgan fingerprint density at radius 3 is 2.85 bits per heavy atom. The number of sulfone groups is 1. The van der Waals surface area contributed by atoms with Crippen LogP contribution in [-0.2, 0) is 22.8 Å². The molecule has 110 valence electrons. The first-order valence-electron chi connectivity index (χ1n) is 6.15. The van der Waals surface area contributed by atoms with Crippen LogP contribution in [0.15, 0.2) is 16.7 Å². The Balaban J connectivity index is 2.31. The van der Waals surface area contributed by atoms with E-state index in [2.05, 4.69) is 25.9 Å². The van der Waals surface area contributed by atoms with Crippen molar-refractivity contribution in [3.63, 3.8) is 0 Å². The average Bonchev–Trinajstić information content (AvgIpc) is 2.65. The summed E-state index contributed by atoms with van der Waals surface area (Å²) in [6, 6.07) is 1.90. The first kappa shape index (κ1) is 15.7. The lowest BCUT2D eigenvalue weighted by Crippen LogP contribution is -2.10. The standard InChI is InChI=1S/C12H15BrClN3O2S/c1-20(18,19)6-2-5-17-11(3-4-14)16-10-7-9(13)8-15-12(10)17/h7-8H,2-6H2,1H3. The molecule has 2 aromatic heterocycles. The smallest absolute Gasteiger partial charge is 0.160 e. The molecular weight excluding hydrogens is 366 g/mol. The maximum absolute atomic E-state index is 11.2. The molecule has 0 N–H and O–H groups in total. The molecular formula is C12H15BrClN3O2S. The second kappa shape index (κ2) is 6.41. The molecule has 0 unspecified atom stereocenters. The lowest BCUT2D eigenvalue weighted by molar-refractivity contribution is 0.590. The molecule has 0 atom stereocenters. The van der Waals surface area contributed by atoms with E-state index >= 15 is 0 Å². The summed E-state index contributed by atoms with van der Waals surface area (Å²) in [6.45, 7) is 0.574. The van der Waals surface area contributed by atoms with Gasteiger partial charge in [-0.1, -0.05) is 0 Å². The number of rotatable bonds is 6. The van der Waals surface area contributed by atoms with Gasteiger partial charge in [-0.25, -0.2) is 18.4 Å². The van der Waals surface area contributed by atoms with Crippen molar-refractivity contribution in [1.82, 2.24) is 14.5 Å². The van der Waals surface area contributed by atoms with Gasteiger partial charge >= 0.3 is 0 Å². The zero-order valence-corrected chi connectivity index (χ0v) is 14.2. The number of aryl methyl sites for hydroxylation is 2. The van der Waals surface area contributed by atoms with E-state index in [-0.39, 0.29) is 5.75 Å². The number of aromatic nitrogens is 3. The number of imidazole rings is 1. The monoisotopic (exact) mass is 379 g/mol. The molecule has 0 radical (unpaired) electrons. The zero-order valence-electron chi connectivity index (χ0n) is 11.0. The van der Waals surface area contributed by atoms with E-state index in [1.54, 1.807) is 6.20 Å². The van der Waals surface area contributed by atoms with Gasteiger partial charge in [-0.15, -0.1) is 11.6 Å². The Labute approximate surface area is 131 Å². The van der Waals surface area contributed by atoms with Gasteiger partial charge in [0.2, 0.25) is 0 Å². The molecule has 0 amide bonds. The highest BCUT2D eigenvalue weighted by atomic mass is 79.9. The van der Waals surface area contributed by atoms with Crippen molar-refractivity contribution in [2.45, 2.75) is 19.4 Å². The minimum Gasteiger partial charge on any atom is -0.313 e. The van der Waals surface area contributed by atoms with Crippen LogP contribution in [0.1, 0.15) is 12.2 Å². The second-order valence-corrected chi connectivity index (χ2v) is 8.15. The third-order valence-electron chi connectivity index (χ3n) is 2.85. The fraction of sp³-hybridized carbons (Fsp3) is 0.500. The van der Waals surface area contributed by atoms with Gasteiger partial charge in [0.25, 0.3) is 0 Å². The topological polar surface area (TPSA) is 64.8 Å². The summed E-state index contributed by atoms with van der Waals surface area (Å²) in [5.74, 6) is 1.47. The van der Waals surface area contributed by atoms with Crippen LogP contribution in [-0.4, -0.2) is 40.8 Å². The molecule has 0 aliphatic rings. The van der Waals surface area contributed by atoms with E-state index in [1.807, 2.05) is 10.6 Å². The predicted octanol–water partition coefficient (Wildman–Crippen LogP) is 2.41. The van der Waals surface area contributed by atoms with Crippen molar-refractivity contribution in [3.8, 4) is 0 Å². The molecule has 20 heavy (non-hydrogen) atoms. The van der Waals surface area contributed by atoms with E-state index < -0.39 is 9.84 Å². The normalized spacial score (nSPS) is 12.2. The summed E-state index contributed by atoms with van der Waals surface area (Å²) < 4.78 is 25.2. The quantitative estimate of drug-likeness (QED) is 0.722. The molecule has 0 bridgehead atoms. The molecule has 8 heteroatoms. The first-order chi connectivity index (χ1) is 9.40. The van der Waals surface area contributed by atoms with Crippen LogP contribution in [0.25, 0.3) is 11.2 Å². The van der Waals surface area contributed by atoms with Crippen molar-refractivity contribution < 1.29 is 8.42 Å². The molecule has 2 rings (SSSR count). The highest BCUT2D eigenvalue weighted by Gasteiger charge is 2.12.